The molecule has 1 amide bonds. The summed E-state index contributed by atoms with van der Waals surface area (Å²) >= 11 is 6.78. The maximum absolute atomic E-state index is 12.4. The summed E-state index contributed by atoms with van der Waals surface area (Å²) in [6, 6.07) is 3.12. The minimum absolute atomic E-state index is 0.123. The smallest absolute Gasteiger partial charge is 0.252 e. The zero-order valence-electron chi connectivity index (χ0n) is 14.0. The Bertz CT molecular complexity index is 655. The second-order valence-corrected chi connectivity index (χ2v) is 9.99. The molecule has 2 rings (SSSR count). The molecule has 0 atom stereocenters. The van der Waals surface area contributed by atoms with Crippen molar-refractivity contribution in [2.75, 3.05) is 33.2 Å². The van der Waals surface area contributed by atoms with Crippen LogP contribution in [0, 0.1) is 0 Å². The lowest BCUT2D eigenvalue weighted by molar-refractivity contribution is -0.122. The van der Waals surface area contributed by atoms with Crippen LogP contribution in [0.25, 0.3) is 0 Å². The number of amides is 1. The fraction of sp³-hybridized carbons (Fsp3) is 0.667. The molecule has 0 unspecified atom stereocenters. The molecule has 9 heteroatoms. The van der Waals surface area contributed by atoms with Crippen molar-refractivity contribution in [3.63, 3.8) is 0 Å². The van der Waals surface area contributed by atoms with Gasteiger partial charge in [0.25, 0.3) is 10.0 Å². The number of likely N-dealkylation sites (N-methyl/N-ethyl adjacent to an activating group) is 1. The van der Waals surface area contributed by atoms with Crippen LogP contribution in [0.1, 0.15) is 26.2 Å². The number of likely N-dealkylation sites (tertiary alicyclic amines) is 1. The number of hydrogen-bond acceptors (Lipinski definition) is 5. The highest BCUT2D eigenvalue weighted by molar-refractivity contribution is 7.91. The van der Waals surface area contributed by atoms with E-state index in [2.05, 4.69) is 17.1 Å². The van der Waals surface area contributed by atoms with Crippen LogP contribution in [-0.4, -0.2) is 62.8 Å². The first-order valence-corrected chi connectivity index (χ1v) is 10.7. The molecule has 0 bridgehead atoms. The van der Waals surface area contributed by atoms with Crippen LogP contribution in [0.5, 0.6) is 0 Å². The quantitative estimate of drug-likeness (QED) is 0.769. The summed E-state index contributed by atoms with van der Waals surface area (Å²) in [5.41, 5.74) is 0. The molecule has 1 aliphatic rings. The molecule has 1 fully saturated rings. The molecular formula is C15H24ClN3O3S2. The third-order valence-corrected chi connectivity index (χ3v) is 7.57. The second-order valence-electron chi connectivity index (χ2n) is 6.00. The number of rotatable bonds is 7. The van der Waals surface area contributed by atoms with Crippen molar-refractivity contribution in [1.29, 1.82) is 0 Å². The fourth-order valence-electron chi connectivity index (χ4n) is 2.77. The van der Waals surface area contributed by atoms with Crippen molar-refractivity contribution in [2.45, 2.75) is 36.4 Å². The average molecular weight is 394 g/mol. The van der Waals surface area contributed by atoms with Crippen molar-refractivity contribution < 1.29 is 13.2 Å². The Morgan fingerprint density at radius 1 is 1.42 bits per heavy atom. The minimum atomic E-state index is -3.67. The van der Waals surface area contributed by atoms with Gasteiger partial charge in [-0.2, -0.15) is 4.31 Å². The largest absolute Gasteiger partial charge is 0.352 e. The van der Waals surface area contributed by atoms with Crippen LogP contribution in [0.4, 0.5) is 0 Å². The number of halogens is 1. The highest BCUT2D eigenvalue weighted by atomic mass is 35.5. The Hall–Kier alpha value is -0.670. The molecule has 6 nitrogen and oxygen atoms in total. The predicted molar refractivity (Wildman–Crippen MR) is 97.0 cm³/mol. The van der Waals surface area contributed by atoms with Crippen molar-refractivity contribution in [2.24, 2.45) is 0 Å². The summed E-state index contributed by atoms with van der Waals surface area (Å²) in [5.74, 6) is -0.266. The number of sulfonamides is 1. The van der Waals surface area contributed by atoms with Gasteiger partial charge in [-0.25, -0.2) is 8.42 Å². The normalized spacial score (nSPS) is 17.3. The Morgan fingerprint density at radius 2 is 2.08 bits per heavy atom. The molecule has 0 spiro atoms. The number of thiophene rings is 1. The number of nitrogens with one attached hydrogen (secondary N) is 1. The monoisotopic (exact) mass is 393 g/mol. The van der Waals surface area contributed by atoms with Gasteiger partial charge in [0.05, 0.1) is 10.9 Å². The van der Waals surface area contributed by atoms with Gasteiger partial charge in [-0.1, -0.05) is 18.5 Å². The van der Waals surface area contributed by atoms with Crippen LogP contribution in [-0.2, 0) is 14.8 Å². The average Bonchev–Trinajstić information content (AvgIpc) is 2.96. The molecule has 2 heterocycles. The maximum atomic E-state index is 12.4. The van der Waals surface area contributed by atoms with Crippen molar-refractivity contribution in [3.8, 4) is 0 Å². The lowest BCUT2D eigenvalue weighted by Crippen LogP contribution is -2.47. The van der Waals surface area contributed by atoms with Crippen molar-refractivity contribution in [1.82, 2.24) is 14.5 Å². The van der Waals surface area contributed by atoms with Crippen molar-refractivity contribution in [3.05, 3.63) is 16.5 Å². The van der Waals surface area contributed by atoms with E-state index in [1.807, 2.05) is 0 Å². The first kappa shape index (κ1) is 19.7. The van der Waals surface area contributed by atoms with Gasteiger partial charge in [-0.15, -0.1) is 11.3 Å². The first-order valence-electron chi connectivity index (χ1n) is 8.06. The van der Waals surface area contributed by atoms with E-state index in [1.54, 1.807) is 0 Å². The SMILES string of the molecule is CCCN1CCC(NC(=O)CN(C)S(=O)(=O)c2ccc(Cl)s2)CC1. The molecule has 0 radical (unpaired) electrons. The molecule has 1 saturated heterocycles. The van der Waals surface area contributed by atoms with Gasteiger partial charge in [0.1, 0.15) is 4.21 Å². The van der Waals surface area contributed by atoms with Gasteiger partial charge >= 0.3 is 0 Å². The summed E-state index contributed by atoms with van der Waals surface area (Å²) < 4.78 is 26.4. The molecular weight excluding hydrogens is 370 g/mol. The van der Waals surface area contributed by atoms with Gasteiger partial charge in [0.2, 0.25) is 5.91 Å². The highest BCUT2D eigenvalue weighted by Crippen LogP contribution is 2.27. The number of carbonyl (C=O) groups is 1. The Kier molecular flexibility index (Phi) is 7.06. The maximum Gasteiger partial charge on any atom is 0.252 e. The molecule has 0 saturated carbocycles. The zero-order valence-corrected chi connectivity index (χ0v) is 16.4. The van der Waals surface area contributed by atoms with E-state index in [0.29, 0.717) is 4.34 Å². The third kappa shape index (κ3) is 5.16. The zero-order chi connectivity index (χ0) is 17.7. The molecule has 1 N–H and O–H groups in total. The highest BCUT2D eigenvalue weighted by Gasteiger charge is 2.26. The minimum Gasteiger partial charge on any atom is -0.352 e. The van der Waals surface area contributed by atoms with E-state index < -0.39 is 10.0 Å². The van der Waals surface area contributed by atoms with Crippen LogP contribution in [0.3, 0.4) is 0 Å². The van der Waals surface area contributed by atoms with Crippen LogP contribution < -0.4 is 5.32 Å². The van der Waals surface area contributed by atoms with Crippen LogP contribution in [0.15, 0.2) is 16.3 Å². The number of nitrogens with zero attached hydrogens (tertiary/aromatic N) is 2. The topological polar surface area (TPSA) is 69.7 Å². The summed E-state index contributed by atoms with van der Waals surface area (Å²) in [5, 5.41) is 2.95. The first-order chi connectivity index (χ1) is 11.3. The van der Waals surface area contributed by atoms with Gasteiger partial charge in [0.15, 0.2) is 0 Å². The molecule has 1 aromatic heterocycles. The Morgan fingerprint density at radius 3 is 2.62 bits per heavy atom. The van der Waals surface area contributed by atoms with Gasteiger partial charge in [0, 0.05) is 26.2 Å². The molecule has 24 heavy (non-hydrogen) atoms. The lowest BCUT2D eigenvalue weighted by Gasteiger charge is -2.32. The summed E-state index contributed by atoms with van der Waals surface area (Å²) in [7, 11) is -2.26. The lowest BCUT2D eigenvalue weighted by atomic mass is 10.0. The van der Waals surface area contributed by atoms with Gasteiger partial charge in [-0.3, -0.25) is 4.79 Å². The van der Waals surface area contributed by atoms with Crippen LogP contribution in [0.2, 0.25) is 4.34 Å². The second kappa shape index (κ2) is 8.62. The fourth-order valence-corrected chi connectivity index (χ4v) is 5.59. The van der Waals surface area contributed by atoms with E-state index in [1.165, 1.54) is 19.2 Å². The van der Waals surface area contributed by atoms with E-state index in [9.17, 15) is 13.2 Å². The third-order valence-electron chi connectivity index (χ3n) is 4.07. The predicted octanol–water partition coefficient (Wildman–Crippen LogP) is 2.01. The Labute approximate surface area is 152 Å². The molecule has 136 valence electrons. The van der Waals surface area contributed by atoms with E-state index in [4.69, 9.17) is 11.6 Å². The summed E-state index contributed by atoms with van der Waals surface area (Å²) in [6.45, 7) is 5.00. The summed E-state index contributed by atoms with van der Waals surface area (Å²) in [6.07, 6.45) is 2.94. The van der Waals surface area contributed by atoms with E-state index in [-0.39, 0.29) is 22.7 Å². The molecule has 0 aliphatic carbocycles. The van der Waals surface area contributed by atoms with Crippen LogP contribution >= 0.6 is 22.9 Å². The number of carbonyl (C=O) groups excluding carboxylic acids is 1. The van der Waals surface area contributed by atoms with E-state index in [0.717, 1.165) is 54.5 Å². The Balaban J connectivity index is 1.84. The molecule has 0 aromatic carbocycles. The molecule has 1 aromatic rings. The van der Waals surface area contributed by atoms with Crippen molar-refractivity contribution >= 4 is 38.9 Å². The summed E-state index contributed by atoms with van der Waals surface area (Å²) in [4.78, 5) is 14.5. The number of hydrogen-bond donors (Lipinski definition) is 1. The number of piperidine rings is 1. The standard InChI is InChI=1S/C15H24ClN3O3S2/c1-3-8-19-9-6-12(7-10-19)17-14(20)11-18(2)24(21,22)15-5-4-13(16)23-15/h4-5,12H,3,6-11H2,1-2H3,(H,17,20). The van der Waals surface area contributed by atoms with Gasteiger partial charge in [-0.05, 0) is 37.9 Å². The molecule has 1 aliphatic heterocycles. The van der Waals surface area contributed by atoms with Gasteiger partial charge < -0.3 is 10.2 Å². The van der Waals surface area contributed by atoms with E-state index >= 15 is 0 Å².